The standard InChI is InChI=1S/C17H14N2O4S/c1-10-3-6-13(23-10)9-14-15(20)18-17(24)19(16(14)21)11-4-7-12(22-2)8-5-11/h3-9H,1-2H3,(H,18,20,24)/b14-9+. The van der Waals surface area contributed by atoms with Gasteiger partial charge in [-0.2, -0.15) is 0 Å². The van der Waals surface area contributed by atoms with Gasteiger partial charge in [0.2, 0.25) is 0 Å². The van der Waals surface area contributed by atoms with E-state index in [1.54, 1.807) is 50.4 Å². The molecule has 0 bridgehead atoms. The summed E-state index contributed by atoms with van der Waals surface area (Å²) in [6, 6.07) is 10.2. The van der Waals surface area contributed by atoms with E-state index in [2.05, 4.69) is 5.32 Å². The molecule has 1 aliphatic rings. The summed E-state index contributed by atoms with van der Waals surface area (Å²) in [6.45, 7) is 1.78. The third kappa shape index (κ3) is 2.93. The fourth-order valence-corrected chi connectivity index (χ4v) is 2.58. The number of amides is 2. The zero-order valence-corrected chi connectivity index (χ0v) is 13.8. The predicted octanol–water partition coefficient (Wildman–Crippen LogP) is 2.43. The largest absolute Gasteiger partial charge is 0.497 e. The molecule has 0 saturated carbocycles. The van der Waals surface area contributed by atoms with Gasteiger partial charge in [0.05, 0.1) is 12.8 Å². The van der Waals surface area contributed by atoms with E-state index in [9.17, 15) is 9.59 Å². The van der Waals surface area contributed by atoms with Crippen LogP contribution in [0.3, 0.4) is 0 Å². The van der Waals surface area contributed by atoms with Gasteiger partial charge < -0.3 is 9.15 Å². The van der Waals surface area contributed by atoms with Crippen molar-refractivity contribution in [3.8, 4) is 5.75 Å². The van der Waals surface area contributed by atoms with Gasteiger partial charge >= 0.3 is 0 Å². The number of furan rings is 1. The van der Waals surface area contributed by atoms with Crippen LogP contribution in [0.5, 0.6) is 5.75 Å². The van der Waals surface area contributed by atoms with Crippen molar-refractivity contribution in [3.63, 3.8) is 0 Å². The van der Waals surface area contributed by atoms with Crippen LogP contribution in [-0.4, -0.2) is 24.0 Å². The summed E-state index contributed by atoms with van der Waals surface area (Å²) in [7, 11) is 1.55. The van der Waals surface area contributed by atoms with Crippen LogP contribution in [0.25, 0.3) is 6.08 Å². The third-order valence-corrected chi connectivity index (χ3v) is 3.76. The van der Waals surface area contributed by atoms with Crippen molar-refractivity contribution in [1.29, 1.82) is 0 Å². The molecule has 1 aromatic carbocycles. The number of aryl methyl sites for hydroxylation is 1. The first-order chi connectivity index (χ1) is 11.5. The lowest BCUT2D eigenvalue weighted by Crippen LogP contribution is -2.54. The van der Waals surface area contributed by atoms with Gasteiger partial charge in [0.1, 0.15) is 22.8 Å². The van der Waals surface area contributed by atoms with Crippen molar-refractivity contribution in [2.45, 2.75) is 6.92 Å². The Labute approximate surface area is 143 Å². The van der Waals surface area contributed by atoms with Gasteiger partial charge in [-0.15, -0.1) is 0 Å². The predicted molar refractivity (Wildman–Crippen MR) is 92.6 cm³/mol. The quantitative estimate of drug-likeness (QED) is 0.527. The first-order valence-electron chi connectivity index (χ1n) is 7.11. The Balaban J connectivity index is 1.97. The molecule has 0 spiro atoms. The molecule has 1 N–H and O–H groups in total. The highest BCUT2D eigenvalue weighted by Crippen LogP contribution is 2.24. The minimum atomic E-state index is -0.552. The average Bonchev–Trinajstić information content (AvgIpc) is 2.97. The SMILES string of the molecule is COc1ccc(N2C(=O)/C(=C/c3ccc(C)o3)C(=O)NC2=S)cc1. The second-order valence-electron chi connectivity index (χ2n) is 5.10. The van der Waals surface area contributed by atoms with E-state index >= 15 is 0 Å². The molecule has 0 aliphatic carbocycles. The van der Waals surface area contributed by atoms with Crippen LogP contribution in [-0.2, 0) is 9.59 Å². The molecule has 1 saturated heterocycles. The Hall–Kier alpha value is -2.93. The Morgan fingerprint density at radius 2 is 1.88 bits per heavy atom. The van der Waals surface area contributed by atoms with Crippen molar-refractivity contribution in [2.24, 2.45) is 0 Å². The highest BCUT2D eigenvalue weighted by Gasteiger charge is 2.34. The maximum Gasteiger partial charge on any atom is 0.270 e. The number of nitrogens with zero attached hydrogens (tertiary/aromatic N) is 1. The number of benzene rings is 1. The molecule has 2 amide bonds. The Morgan fingerprint density at radius 3 is 2.46 bits per heavy atom. The first-order valence-corrected chi connectivity index (χ1v) is 7.52. The lowest BCUT2D eigenvalue weighted by molar-refractivity contribution is -0.122. The van der Waals surface area contributed by atoms with E-state index in [-0.39, 0.29) is 10.7 Å². The summed E-state index contributed by atoms with van der Waals surface area (Å²) in [5.41, 5.74) is 0.487. The fraction of sp³-hybridized carbons (Fsp3) is 0.118. The molecule has 0 atom stereocenters. The van der Waals surface area contributed by atoms with E-state index in [0.717, 1.165) is 0 Å². The molecule has 122 valence electrons. The van der Waals surface area contributed by atoms with Crippen LogP contribution in [0.4, 0.5) is 5.69 Å². The molecular formula is C17H14N2O4S. The lowest BCUT2D eigenvalue weighted by atomic mass is 10.1. The number of nitrogens with one attached hydrogen (secondary N) is 1. The summed E-state index contributed by atoms with van der Waals surface area (Å²) in [4.78, 5) is 26.1. The molecule has 2 heterocycles. The van der Waals surface area contributed by atoms with Crippen LogP contribution in [0, 0.1) is 6.92 Å². The third-order valence-electron chi connectivity index (χ3n) is 3.48. The van der Waals surface area contributed by atoms with Gasteiger partial charge in [0, 0.05) is 0 Å². The van der Waals surface area contributed by atoms with Crippen LogP contribution >= 0.6 is 12.2 Å². The minimum Gasteiger partial charge on any atom is -0.497 e. The number of hydrogen-bond donors (Lipinski definition) is 1. The van der Waals surface area contributed by atoms with Crippen molar-refractivity contribution in [1.82, 2.24) is 5.32 Å². The smallest absolute Gasteiger partial charge is 0.270 e. The van der Waals surface area contributed by atoms with Crippen molar-refractivity contribution in [3.05, 3.63) is 53.5 Å². The van der Waals surface area contributed by atoms with Crippen LogP contribution < -0.4 is 15.0 Å². The van der Waals surface area contributed by atoms with Crippen LogP contribution in [0.1, 0.15) is 11.5 Å². The van der Waals surface area contributed by atoms with E-state index in [0.29, 0.717) is 23.0 Å². The van der Waals surface area contributed by atoms with Crippen LogP contribution in [0.2, 0.25) is 0 Å². The summed E-state index contributed by atoms with van der Waals surface area (Å²) in [6.07, 6.45) is 1.41. The first kappa shape index (κ1) is 15.9. The van der Waals surface area contributed by atoms with E-state index in [4.69, 9.17) is 21.4 Å². The number of thiocarbonyl (C=S) groups is 1. The normalized spacial score (nSPS) is 16.5. The van der Waals surface area contributed by atoms with E-state index in [1.807, 2.05) is 0 Å². The van der Waals surface area contributed by atoms with Gasteiger partial charge in [-0.3, -0.25) is 19.8 Å². The second kappa shape index (κ2) is 6.29. The fourth-order valence-electron chi connectivity index (χ4n) is 2.30. The number of methoxy groups -OCH3 is 1. The molecule has 6 nitrogen and oxygen atoms in total. The maximum atomic E-state index is 12.7. The van der Waals surface area contributed by atoms with E-state index in [1.165, 1.54) is 11.0 Å². The molecule has 2 aromatic rings. The number of anilines is 1. The highest BCUT2D eigenvalue weighted by molar-refractivity contribution is 7.80. The zero-order valence-electron chi connectivity index (χ0n) is 13.0. The second-order valence-corrected chi connectivity index (χ2v) is 5.49. The topological polar surface area (TPSA) is 71.8 Å². The number of carbonyl (C=O) groups excluding carboxylic acids is 2. The molecular weight excluding hydrogens is 328 g/mol. The van der Waals surface area contributed by atoms with Gasteiger partial charge in [-0.25, -0.2) is 0 Å². The van der Waals surface area contributed by atoms with Crippen molar-refractivity contribution < 1.29 is 18.7 Å². The minimum absolute atomic E-state index is 0.0305. The monoisotopic (exact) mass is 342 g/mol. The maximum absolute atomic E-state index is 12.7. The van der Waals surface area contributed by atoms with Crippen molar-refractivity contribution >= 4 is 40.9 Å². The molecule has 0 unspecified atom stereocenters. The average molecular weight is 342 g/mol. The number of rotatable bonds is 3. The Morgan fingerprint density at radius 1 is 1.17 bits per heavy atom. The molecule has 1 fully saturated rings. The van der Waals surface area contributed by atoms with Gasteiger partial charge in [0.25, 0.3) is 11.8 Å². The molecule has 24 heavy (non-hydrogen) atoms. The number of carbonyl (C=O) groups is 2. The van der Waals surface area contributed by atoms with Gasteiger partial charge in [-0.05, 0) is 61.6 Å². The molecule has 1 aliphatic heterocycles. The summed E-state index contributed by atoms with van der Waals surface area (Å²) >= 11 is 5.14. The molecule has 0 radical (unpaired) electrons. The number of ether oxygens (including phenoxy) is 1. The summed E-state index contributed by atoms with van der Waals surface area (Å²) < 4.78 is 10.5. The Bertz CT molecular complexity index is 852. The van der Waals surface area contributed by atoms with Crippen molar-refractivity contribution in [2.75, 3.05) is 12.0 Å². The van der Waals surface area contributed by atoms with E-state index < -0.39 is 11.8 Å². The van der Waals surface area contributed by atoms with Crippen LogP contribution in [0.15, 0.2) is 46.4 Å². The Kier molecular flexibility index (Phi) is 4.18. The van der Waals surface area contributed by atoms with Gasteiger partial charge in [-0.1, -0.05) is 0 Å². The highest BCUT2D eigenvalue weighted by atomic mass is 32.1. The van der Waals surface area contributed by atoms with Gasteiger partial charge in [0.15, 0.2) is 5.11 Å². The lowest BCUT2D eigenvalue weighted by Gasteiger charge is -2.28. The zero-order chi connectivity index (χ0) is 17.3. The molecule has 7 heteroatoms. The number of hydrogen-bond acceptors (Lipinski definition) is 5. The molecule has 3 rings (SSSR count). The summed E-state index contributed by atoms with van der Waals surface area (Å²) in [5.74, 6) is 0.702. The summed E-state index contributed by atoms with van der Waals surface area (Å²) in [5, 5.41) is 2.55. The molecule has 1 aromatic heterocycles.